The normalized spacial score (nSPS) is 9.69. The van der Waals surface area contributed by atoms with Gasteiger partial charge in [-0.25, -0.2) is 4.79 Å². The summed E-state index contributed by atoms with van der Waals surface area (Å²) >= 11 is 5.84. The molecule has 0 bridgehead atoms. The monoisotopic (exact) mass is 242 g/mol. The molecule has 0 fully saturated rings. The lowest BCUT2D eigenvalue weighted by Gasteiger charge is -2.07. The molecule has 0 aliphatic rings. The van der Waals surface area contributed by atoms with Crippen molar-refractivity contribution in [1.29, 1.82) is 0 Å². The minimum Gasteiger partial charge on any atom is -0.480 e. The lowest BCUT2D eigenvalue weighted by Crippen LogP contribution is -2.13. The van der Waals surface area contributed by atoms with E-state index in [2.05, 4.69) is 4.74 Å². The van der Waals surface area contributed by atoms with E-state index in [0.29, 0.717) is 16.3 Å². The first-order valence-corrected chi connectivity index (χ1v) is 4.92. The zero-order valence-electron chi connectivity index (χ0n) is 8.95. The molecule has 0 radical (unpaired) electrons. The van der Waals surface area contributed by atoms with E-state index in [0.717, 1.165) is 0 Å². The summed E-state index contributed by atoms with van der Waals surface area (Å²) in [4.78, 5) is 22.0. The molecular formula is C11H11ClO4. The molecule has 0 aliphatic carbocycles. The van der Waals surface area contributed by atoms with E-state index in [1.807, 2.05) is 0 Å². The van der Waals surface area contributed by atoms with Gasteiger partial charge in [0.1, 0.15) is 5.75 Å². The topological polar surface area (TPSA) is 52.6 Å². The van der Waals surface area contributed by atoms with Crippen molar-refractivity contribution in [3.05, 3.63) is 28.8 Å². The summed E-state index contributed by atoms with van der Waals surface area (Å²) < 4.78 is 9.54. The third-order valence-electron chi connectivity index (χ3n) is 1.91. The molecule has 0 spiro atoms. The molecule has 1 aromatic carbocycles. The molecule has 0 aromatic heterocycles. The summed E-state index contributed by atoms with van der Waals surface area (Å²) in [6.45, 7) is 1.20. The van der Waals surface area contributed by atoms with Crippen molar-refractivity contribution in [2.45, 2.75) is 6.92 Å². The Hall–Kier alpha value is -1.55. The van der Waals surface area contributed by atoms with Crippen LogP contribution in [0.4, 0.5) is 0 Å². The molecule has 0 saturated heterocycles. The van der Waals surface area contributed by atoms with E-state index in [4.69, 9.17) is 16.3 Å². The van der Waals surface area contributed by atoms with Crippen LogP contribution in [0.15, 0.2) is 18.2 Å². The number of ketones is 1. The van der Waals surface area contributed by atoms with E-state index < -0.39 is 5.97 Å². The predicted octanol–water partition coefficient (Wildman–Crippen LogP) is 2.09. The van der Waals surface area contributed by atoms with Gasteiger partial charge in [0.25, 0.3) is 0 Å². The van der Waals surface area contributed by atoms with Crippen molar-refractivity contribution in [1.82, 2.24) is 0 Å². The summed E-state index contributed by atoms with van der Waals surface area (Å²) in [6.07, 6.45) is 0. The van der Waals surface area contributed by atoms with Crippen LogP contribution in [-0.4, -0.2) is 25.5 Å². The first-order chi connectivity index (χ1) is 7.54. The van der Waals surface area contributed by atoms with E-state index in [9.17, 15) is 9.59 Å². The number of carbonyl (C=O) groups is 2. The van der Waals surface area contributed by atoms with Crippen LogP contribution in [0.25, 0.3) is 0 Å². The summed E-state index contributed by atoms with van der Waals surface area (Å²) in [6, 6.07) is 4.63. The van der Waals surface area contributed by atoms with Gasteiger partial charge in [-0.15, -0.1) is 0 Å². The van der Waals surface area contributed by atoms with Crippen LogP contribution >= 0.6 is 11.6 Å². The van der Waals surface area contributed by atoms with Crippen LogP contribution in [0, 0.1) is 0 Å². The zero-order chi connectivity index (χ0) is 12.1. The maximum absolute atomic E-state index is 11.1. The average molecular weight is 243 g/mol. The van der Waals surface area contributed by atoms with Gasteiger partial charge >= 0.3 is 5.97 Å². The molecule has 0 aliphatic heterocycles. The Morgan fingerprint density at radius 2 is 2.06 bits per heavy atom. The standard InChI is InChI=1S/C11H11ClO4/c1-7(13)8-3-4-9(12)10(5-8)16-6-11(14)15-2/h3-5H,6H2,1-2H3. The molecule has 86 valence electrons. The number of esters is 1. The second-order valence-corrected chi connectivity index (χ2v) is 3.47. The van der Waals surface area contributed by atoms with Crippen molar-refractivity contribution in [2.75, 3.05) is 13.7 Å². The van der Waals surface area contributed by atoms with E-state index in [1.165, 1.54) is 20.1 Å². The molecule has 0 saturated carbocycles. The van der Waals surface area contributed by atoms with Crippen molar-refractivity contribution in [3.63, 3.8) is 0 Å². The fourth-order valence-corrected chi connectivity index (χ4v) is 1.20. The van der Waals surface area contributed by atoms with E-state index >= 15 is 0 Å². The molecule has 5 heteroatoms. The van der Waals surface area contributed by atoms with Crippen LogP contribution < -0.4 is 4.74 Å². The second kappa shape index (κ2) is 5.51. The highest BCUT2D eigenvalue weighted by Gasteiger charge is 2.08. The quantitative estimate of drug-likeness (QED) is 0.599. The average Bonchev–Trinajstić information content (AvgIpc) is 2.27. The fourth-order valence-electron chi connectivity index (χ4n) is 1.03. The molecule has 0 heterocycles. The highest BCUT2D eigenvalue weighted by atomic mass is 35.5. The Kier molecular flexibility index (Phi) is 4.31. The third-order valence-corrected chi connectivity index (χ3v) is 2.22. The van der Waals surface area contributed by atoms with Crippen molar-refractivity contribution in [2.24, 2.45) is 0 Å². The summed E-state index contributed by atoms with van der Waals surface area (Å²) in [5.74, 6) is -0.316. The van der Waals surface area contributed by atoms with Crippen LogP contribution in [0.1, 0.15) is 17.3 Å². The predicted molar refractivity (Wildman–Crippen MR) is 59.0 cm³/mol. The van der Waals surface area contributed by atoms with Gasteiger partial charge in [0.15, 0.2) is 12.4 Å². The van der Waals surface area contributed by atoms with Gasteiger partial charge in [-0.2, -0.15) is 0 Å². The molecule has 16 heavy (non-hydrogen) atoms. The molecule has 1 rings (SSSR count). The lowest BCUT2D eigenvalue weighted by molar-refractivity contribution is -0.142. The number of halogens is 1. The van der Waals surface area contributed by atoms with Crippen molar-refractivity contribution >= 4 is 23.4 Å². The maximum atomic E-state index is 11.1. The Bertz CT molecular complexity index is 414. The number of rotatable bonds is 4. The van der Waals surface area contributed by atoms with E-state index in [-0.39, 0.29) is 12.4 Å². The van der Waals surface area contributed by atoms with Gasteiger partial charge in [-0.05, 0) is 25.1 Å². The summed E-state index contributed by atoms with van der Waals surface area (Å²) in [7, 11) is 1.26. The number of carbonyl (C=O) groups excluding carboxylic acids is 2. The van der Waals surface area contributed by atoms with Gasteiger partial charge < -0.3 is 9.47 Å². The second-order valence-electron chi connectivity index (χ2n) is 3.07. The Morgan fingerprint density at radius 3 is 2.62 bits per heavy atom. The first-order valence-electron chi connectivity index (χ1n) is 4.54. The number of Topliss-reactive ketones (excluding diaryl/α,β-unsaturated/α-hetero) is 1. The van der Waals surface area contributed by atoms with Crippen LogP contribution in [0.5, 0.6) is 5.75 Å². The molecule has 1 aromatic rings. The smallest absolute Gasteiger partial charge is 0.343 e. The molecule has 0 unspecified atom stereocenters. The molecule has 4 nitrogen and oxygen atoms in total. The number of methoxy groups -OCH3 is 1. The number of hydrogen-bond acceptors (Lipinski definition) is 4. The van der Waals surface area contributed by atoms with Crippen LogP contribution in [0.2, 0.25) is 5.02 Å². The van der Waals surface area contributed by atoms with Gasteiger partial charge in [-0.3, -0.25) is 4.79 Å². The van der Waals surface area contributed by atoms with Crippen LogP contribution in [-0.2, 0) is 9.53 Å². The largest absolute Gasteiger partial charge is 0.480 e. The lowest BCUT2D eigenvalue weighted by atomic mass is 10.1. The van der Waals surface area contributed by atoms with Gasteiger partial charge in [0.2, 0.25) is 0 Å². The molecular weight excluding hydrogens is 232 g/mol. The highest BCUT2D eigenvalue weighted by molar-refractivity contribution is 6.32. The number of benzene rings is 1. The van der Waals surface area contributed by atoms with Crippen LogP contribution in [0.3, 0.4) is 0 Å². The Morgan fingerprint density at radius 1 is 1.38 bits per heavy atom. The minimum atomic E-state index is -0.510. The third kappa shape index (κ3) is 3.24. The summed E-state index contributed by atoms with van der Waals surface area (Å²) in [5.41, 5.74) is 0.476. The fraction of sp³-hybridized carbons (Fsp3) is 0.273. The number of ether oxygens (including phenoxy) is 2. The zero-order valence-corrected chi connectivity index (χ0v) is 9.71. The SMILES string of the molecule is COC(=O)COc1cc(C(C)=O)ccc1Cl. The molecule has 0 atom stereocenters. The number of hydrogen-bond donors (Lipinski definition) is 0. The van der Waals surface area contributed by atoms with E-state index in [1.54, 1.807) is 12.1 Å². The Balaban J connectivity index is 2.82. The minimum absolute atomic E-state index is 0.0976. The molecule has 0 amide bonds. The van der Waals surface area contributed by atoms with Crippen molar-refractivity contribution in [3.8, 4) is 5.75 Å². The summed E-state index contributed by atoms with van der Waals surface area (Å²) in [5, 5.41) is 0.342. The van der Waals surface area contributed by atoms with Gasteiger partial charge in [0.05, 0.1) is 12.1 Å². The first kappa shape index (κ1) is 12.5. The Labute approximate surface area is 98.1 Å². The van der Waals surface area contributed by atoms with Gasteiger partial charge in [-0.1, -0.05) is 11.6 Å². The highest BCUT2D eigenvalue weighted by Crippen LogP contribution is 2.25. The maximum Gasteiger partial charge on any atom is 0.343 e. The van der Waals surface area contributed by atoms with Gasteiger partial charge in [0, 0.05) is 5.56 Å². The molecule has 0 N–H and O–H groups in total. The van der Waals surface area contributed by atoms with Crippen molar-refractivity contribution < 1.29 is 19.1 Å².